The van der Waals surface area contributed by atoms with E-state index < -0.39 is 0 Å². The van der Waals surface area contributed by atoms with E-state index in [0.29, 0.717) is 6.42 Å². The van der Waals surface area contributed by atoms with Gasteiger partial charge in [-0.2, -0.15) is 0 Å². The van der Waals surface area contributed by atoms with Crippen LogP contribution in [0.3, 0.4) is 0 Å². The molecule has 0 aromatic carbocycles. The number of nitrogens with one attached hydrogen (secondary N) is 1. The van der Waals surface area contributed by atoms with Crippen LogP contribution in [0.4, 0.5) is 0 Å². The lowest BCUT2D eigenvalue weighted by atomic mass is 9.74. The third-order valence-electron chi connectivity index (χ3n) is 3.69. The zero-order valence-corrected chi connectivity index (χ0v) is 9.75. The van der Waals surface area contributed by atoms with E-state index in [1.165, 1.54) is 12.8 Å². The van der Waals surface area contributed by atoms with Crippen LogP contribution >= 0.6 is 0 Å². The van der Waals surface area contributed by atoms with Crippen molar-refractivity contribution in [3.8, 4) is 12.3 Å². The fourth-order valence-electron chi connectivity index (χ4n) is 2.46. The van der Waals surface area contributed by atoms with Crippen LogP contribution in [0.2, 0.25) is 0 Å². The Morgan fingerprint density at radius 2 is 2.20 bits per heavy atom. The summed E-state index contributed by atoms with van der Waals surface area (Å²) in [5.41, 5.74) is 2.65. The molecular formula is C12H22N2O. The summed E-state index contributed by atoms with van der Waals surface area (Å²) < 4.78 is 5.69. The number of methoxy groups -OCH3 is 1. The fraction of sp³-hybridized carbons (Fsp3) is 0.833. The molecule has 1 saturated carbocycles. The first-order valence-corrected chi connectivity index (χ1v) is 5.63. The van der Waals surface area contributed by atoms with E-state index in [4.69, 9.17) is 17.0 Å². The Labute approximate surface area is 92.7 Å². The molecule has 0 spiro atoms. The van der Waals surface area contributed by atoms with E-state index in [1.807, 2.05) is 0 Å². The van der Waals surface area contributed by atoms with Crippen LogP contribution in [0, 0.1) is 18.3 Å². The second kappa shape index (κ2) is 5.50. The van der Waals surface area contributed by atoms with Crippen molar-refractivity contribution in [2.24, 2.45) is 11.8 Å². The van der Waals surface area contributed by atoms with Gasteiger partial charge in [-0.3, -0.25) is 11.3 Å². The SMILES string of the molecule is C#CCC(NN)C1(OC)CCC(C)CC1. The van der Waals surface area contributed by atoms with Crippen LogP contribution in [0.25, 0.3) is 0 Å². The number of rotatable bonds is 4. The van der Waals surface area contributed by atoms with E-state index >= 15 is 0 Å². The zero-order valence-electron chi connectivity index (χ0n) is 9.75. The molecule has 1 aliphatic carbocycles. The summed E-state index contributed by atoms with van der Waals surface area (Å²) in [6.07, 6.45) is 10.4. The van der Waals surface area contributed by atoms with Crippen LogP contribution < -0.4 is 11.3 Å². The van der Waals surface area contributed by atoms with Crippen molar-refractivity contribution in [3.63, 3.8) is 0 Å². The number of ether oxygens (including phenoxy) is 1. The third kappa shape index (κ3) is 2.72. The summed E-state index contributed by atoms with van der Waals surface area (Å²) in [5.74, 6) is 9.01. The predicted octanol–water partition coefficient (Wildman–Crippen LogP) is 1.44. The van der Waals surface area contributed by atoms with Gasteiger partial charge in [0.15, 0.2) is 0 Å². The normalized spacial score (nSPS) is 33.3. The number of terminal acetylenes is 1. The monoisotopic (exact) mass is 210 g/mol. The molecule has 0 radical (unpaired) electrons. The molecule has 0 amide bonds. The van der Waals surface area contributed by atoms with Gasteiger partial charge in [0.2, 0.25) is 0 Å². The average Bonchev–Trinajstić information content (AvgIpc) is 2.28. The minimum atomic E-state index is -0.159. The molecule has 0 aromatic heterocycles. The zero-order chi connectivity index (χ0) is 11.3. The topological polar surface area (TPSA) is 47.3 Å². The molecule has 1 rings (SSSR count). The molecular weight excluding hydrogens is 188 g/mol. The summed E-state index contributed by atoms with van der Waals surface area (Å²) in [5, 5.41) is 0. The van der Waals surface area contributed by atoms with Crippen LogP contribution in [0.5, 0.6) is 0 Å². The molecule has 1 aliphatic rings. The molecule has 1 fully saturated rings. The molecule has 1 atom stereocenters. The van der Waals surface area contributed by atoms with Crippen molar-refractivity contribution in [2.75, 3.05) is 7.11 Å². The fourth-order valence-corrected chi connectivity index (χ4v) is 2.46. The number of nitrogens with two attached hydrogens (primary N) is 1. The Morgan fingerprint density at radius 1 is 1.60 bits per heavy atom. The van der Waals surface area contributed by atoms with Crippen LogP contribution in [-0.4, -0.2) is 18.8 Å². The first-order chi connectivity index (χ1) is 7.18. The van der Waals surface area contributed by atoms with E-state index in [2.05, 4.69) is 18.3 Å². The minimum absolute atomic E-state index is 0.0694. The second-order valence-electron chi connectivity index (χ2n) is 4.58. The molecule has 86 valence electrons. The van der Waals surface area contributed by atoms with Crippen molar-refractivity contribution in [3.05, 3.63) is 0 Å². The van der Waals surface area contributed by atoms with Crippen LogP contribution in [-0.2, 0) is 4.74 Å². The first-order valence-electron chi connectivity index (χ1n) is 5.63. The van der Waals surface area contributed by atoms with Gasteiger partial charge in [-0.1, -0.05) is 6.92 Å². The summed E-state index contributed by atoms with van der Waals surface area (Å²) in [6.45, 7) is 2.28. The molecule has 3 N–H and O–H groups in total. The third-order valence-corrected chi connectivity index (χ3v) is 3.69. The number of hydrogen-bond donors (Lipinski definition) is 2. The highest BCUT2D eigenvalue weighted by Crippen LogP contribution is 2.37. The van der Waals surface area contributed by atoms with Crippen molar-refractivity contribution in [1.82, 2.24) is 5.43 Å². The maximum atomic E-state index is 5.69. The van der Waals surface area contributed by atoms with Gasteiger partial charge in [-0.15, -0.1) is 12.3 Å². The van der Waals surface area contributed by atoms with E-state index in [-0.39, 0.29) is 11.6 Å². The highest BCUT2D eigenvalue weighted by Gasteiger charge is 2.40. The molecule has 15 heavy (non-hydrogen) atoms. The number of hydrazine groups is 1. The van der Waals surface area contributed by atoms with Gasteiger partial charge >= 0.3 is 0 Å². The van der Waals surface area contributed by atoms with Gasteiger partial charge in [-0.05, 0) is 31.6 Å². The summed E-state index contributed by atoms with van der Waals surface area (Å²) in [4.78, 5) is 0. The van der Waals surface area contributed by atoms with Gasteiger partial charge in [0, 0.05) is 13.5 Å². The molecule has 3 heteroatoms. The summed E-state index contributed by atoms with van der Waals surface area (Å²) in [7, 11) is 1.76. The summed E-state index contributed by atoms with van der Waals surface area (Å²) in [6, 6.07) is 0.0694. The lowest BCUT2D eigenvalue weighted by Crippen LogP contribution is -2.55. The minimum Gasteiger partial charge on any atom is -0.377 e. The lowest BCUT2D eigenvalue weighted by Gasteiger charge is -2.43. The Hall–Kier alpha value is -0.560. The van der Waals surface area contributed by atoms with Gasteiger partial charge in [0.1, 0.15) is 0 Å². The van der Waals surface area contributed by atoms with Crippen molar-refractivity contribution in [1.29, 1.82) is 0 Å². The van der Waals surface area contributed by atoms with Crippen molar-refractivity contribution < 1.29 is 4.74 Å². The van der Waals surface area contributed by atoms with Crippen LogP contribution in [0.1, 0.15) is 39.0 Å². The molecule has 0 aliphatic heterocycles. The molecule has 3 nitrogen and oxygen atoms in total. The first kappa shape index (κ1) is 12.5. The van der Waals surface area contributed by atoms with Crippen LogP contribution in [0.15, 0.2) is 0 Å². The molecule has 0 aromatic rings. The largest absolute Gasteiger partial charge is 0.377 e. The maximum absolute atomic E-state index is 5.69. The van der Waals surface area contributed by atoms with Crippen molar-refractivity contribution in [2.45, 2.75) is 50.7 Å². The van der Waals surface area contributed by atoms with Gasteiger partial charge in [-0.25, -0.2) is 0 Å². The smallest absolute Gasteiger partial charge is 0.0853 e. The highest BCUT2D eigenvalue weighted by atomic mass is 16.5. The average molecular weight is 210 g/mol. The van der Waals surface area contributed by atoms with Gasteiger partial charge in [0.05, 0.1) is 11.6 Å². The maximum Gasteiger partial charge on any atom is 0.0853 e. The highest BCUT2D eigenvalue weighted by molar-refractivity contribution is 5.01. The molecule has 0 bridgehead atoms. The molecule has 0 saturated heterocycles. The standard InChI is InChI=1S/C12H22N2O/c1-4-5-11(14-13)12(15-3)8-6-10(2)7-9-12/h1,10-11,14H,5-9,13H2,2-3H3. The predicted molar refractivity (Wildman–Crippen MR) is 61.9 cm³/mol. The molecule has 0 heterocycles. The number of hydrogen-bond acceptors (Lipinski definition) is 3. The van der Waals surface area contributed by atoms with Gasteiger partial charge in [0.25, 0.3) is 0 Å². The van der Waals surface area contributed by atoms with Gasteiger partial charge < -0.3 is 4.74 Å². The summed E-state index contributed by atoms with van der Waals surface area (Å²) >= 11 is 0. The van der Waals surface area contributed by atoms with E-state index in [0.717, 1.165) is 18.8 Å². The van der Waals surface area contributed by atoms with Crippen molar-refractivity contribution >= 4 is 0 Å². The Balaban J connectivity index is 2.70. The molecule has 1 unspecified atom stereocenters. The lowest BCUT2D eigenvalue weighted by molar-refractivity contribution is -0.0736. The van der Waals surface area contributed by atoms with E-state index in [9.17, 15) is 0 Å². The Kier molecular flexibility index (Phi) is 4.59. The Morgan fingerprint density at radius 3 is 2.60 bits per heavy atom. The Bertz CT molecular complexity index is 226. The quantitative estimate of drug-likeness (QED) is 0.419. The second-order valence-corrected chi connectivity index (χ2v) is 4.58. The van der Waals surface area contributed by atoms with E-state index in [1.54, 1.807) is 7.11 Å².